The van der Waals surface area contributed by atoms with E-state index in [4.69, 9.17) is 14.2 Å². The van der Waals surface area contributed by atoms with Crippen molar-refractivity contribution >= 4 is 17.7 Å². The maximum absolute atomic E-state index is 13.7. The third kappa shape index (κ3) is 7.87. The zero-order valence-electron chi connectivity index (χ0n) is 25.3. The number of amides is 3. The van der Waals surface area contributed by atoms with Crippen molar-refractivity contribution < 1.29 is 33.7 Å². The number of phenols is 1. The molecule has 232 valence electrons. The number of nitrogens with zero attached hydrogens (tertiary/aromatic N) is 2. The van der Waals surface area contributed by atoms with Crippen LogP contribution in [0.2, 0.25) is 0 Å². The SMILES string of the molecule is CCN1CC(=O)N[C@H]2CN(C(=O)Cc3cccc(O)c3)CC[C@@H]2OCc2cccc(c2)Oc2cc(OC(C)C)cc(c2)C1=O. The van der Waals surface area contributed by atoms with Crippen molar-refractivity contribution in [2.75, 3.05) is 26.2 Å². The summed E-state index contributed by atoms with van der Waals surface area (Å²) in [7, 11) is 0. The molecule has 0 aromatic heterocycles. The minimum atomic E-state index is -0.486. The Morgan fingerprint density at radius 3 is 2.66 bits per heavy atom. The molecule has 4 bridgehead atoms. The molecule has 2 aliphatic heterocycles. The Hall–Kier alpha value is -4.57. The summed E-state index contributed by atoms with van der Waals surface area (Å²) in [6, 6.07) is 18.7. The molecule has 1 saturated heterocycles. The molecule has 2 atom stereocenters. The number of fused-ring (bicyclic) bond motifs is 5. The molecule has 1 fully saturated rings. The molecule has 44 heavy (non-hydrogen) atoms. The van der Waals surface area contributed by atoms with E-state index in [0.717, 1.165) is 5.56 Å². The minimum absolute atomic E-state index is 0.104. The molecule has 10 nitrogen and oxygen atoms in total. The van der Waals surface area contributed by atoms with Crippen molar-refractivity contribution in [1.82, 2.24) is 15.1 Å². The summed E-state index contributed by atoms with van der Waals surface area (Å²) in [5, 5.41) is 12.9. The topological polar surface area (TPSA) is 118 Å². The highest BCUT2D eigenvalue weighted by atomic mass is 16.5. The summed E-state index contributed by atoms with van der Waals surface area (Å²) >= 11 is 0. The fourth-order valence-corrected chi connectivity index (χ4v) is 5.52. The van der Waals surface area contributed by atoms with E-state index in [1.807, 2.05) is 45.0 Å². The van der Waals surface area contributed by atoms with Gasteiger partial charge in [0.2, 0.25) is 11.8 Å². The maximum atomic E-state index is 13.7. The number of likely N-dealkylation sites (tertiary alicyclic amines) is 1. The third-order valence-corrected chi connectivity index (χ3v) is 7.61. The lowest BCUT2D eigenvalue weighted by Crippen LogP contribution is -2.58. The monoisotopic (exact) mass is 601 g/mol. The molecule has 2 N–H and O–H groups in total. The molecule has 10 heteroatoms. The minimum Gasteiger partial charge on any atom is -0.508 e. The van der Waals surface area contributed by atoms with Gasteiger partial charge in [-0.05, 0) is 74.7 Å². The van der Waals surface area contributed by atoms with Gasteiger partial charge in [0.1, 0.15) is 23.0 Å². The number of likely N-dealkylation sites (N-methyl/N-ethyl adjacent to an activating group) is 1. The predicted molar refractivity (Wildman–Crippen MR) is 164 cm³/mol. The maximum Gasteiger partial charge on any atom is 0.254 e. The third-order valence-electron chi connectivity index (χ3n) is 7.61. The summed E-state index contributed by atoms with van der Waals surface area (Å²) in [4.78, 5) is 43.4. The van der Waals surface area contributed by atoms with Crippen LogP contribution in [-0.4, -0.2) is 77.1 Å². The molecule has 3 aromatic rings. The van der Waals surface area contributed by atoms with Crippen molar-refractivity contribution in [1.29, 1.82) is 0 Å². The van der Waals surface area contributed by atoms with Crippen molar-refractivity contribution in [3.63, 3.8) is 0 Å². The summed E-state index contributed by atoms with van der Waals surface area (Å²) in [6.45, 7) is 6.77. The fourth-order valence-electron chi connectivity index (χ4n) is 5.52. The lowest BCUT2D eigenvalue weighted by molar-refractivity contribution is -0.136. The number of phenolic OH excluding ortho intramolecular Hbond substituents is 1. The van der Waals surface area contributed by atoms with Gasteiger partial charge in [0.15, 0.2) is 0 Å². The molecule has 3 aromatic carbocycles. The van der Waals surface area contributed by atoms with E-state index < -0.39 is 6.04 Å². The van der Waals surface area contributed by atoms with Crippen molar-refractivity contribution in [3.05, 3.63) is 83.4 Å². The Labute approximate surface area is 257 Å². The molecular weight excluding hydrogens is 562 g/mol. The number of hydrogen-bond donors (Lipinski definition) is 2. The number of piperidine rings is 1. The van der Waals surface area contributed by atoms with E-state index >= 15 is 0 Å². The van der Waals surface area contributed by atoms with Crippen LogP contribution in [-0.2, 0) is 27.4 Å². The second-order valence-corrected chi connectivity index (χ2v) is 11.4. The largest absolute Gasteiger partial charge is 0.508 e. The highest BCUT2D eigenvalue weighted by Gasteiger charge is 2.34. The summed E-state index contributed by atoms with van der Waals surface area (Å²) in [6.07, 6.45) is 0.185. The van der Waals surface area contributed by atoms with Crippen molar-refractivity contribution in [2.45, 2.75) is 58.5 Å². The number of nitrogens with one attached hydrogen (secondary N) is 1. The van der Waals surface area contributed by atoms with Crippen LogP contribution in [0.25, 0.3) is 0 Å². The summed E-state index contributed by atoms with van der Waals surface area (Å²) in [5.41, 5.74) is 1.93. The smallest absolute Gasteiger partial charge is 0.254 e. The Morgan fingerprint density at radius 2 is 1.89 bits per heavy atom. The van der Waals surface area contributed by atoms with Gasteiger partial charge < -0.3 is 34.4 Å². The molecule has 0 radical (unpaired) electrons. The fraction of sp³-hybridized carbons (Fsp3) is 0.382. The van der Waals surface area contributed by atoms with Gasteiger partial charge in [0, 0.05) is 31.3 Å². The Balaban J connectivity index is 1.41. The summed E-state index contributed by atoms with van der Waals surface area (Å²) in [5.74, 6) is 0.838. The van der Waals surface area contributed by atoms with E-state index in [2.05, 4.69) is 5.32 Å². The zero-order chi connectivity index (χ0) is 31.2. The number of carbonyl (C=O) groups is 3. The molecule has 5 rings (SSSR count). The van der Waals surface area contributed by atoms with E-state index in [-0.39, 0.29) is 61.8 Å². The molecule has 0 aliphatic carbocycles. The Kier molecular flexibility index (Phi) is 9.69. The number of ether oxygens (including phenoxy) is 3. The molecule has 2 aliphatic rings. The van der Waals surface area contributed by atoms with E-state index in [1.54, 1.807) is 47.4 Å². The molecule has 0 spiro atoms. The van der Waals surface area contributed by atoms with Crippen molar-refractivity contribution in [3.8, 4) is 23.0 Å². The summed E-state index contributed by atoms with van der Waals surface area (Å²) < 4.78 is 18.4. The van der Waals surface area contributed by atoms with Gasteiger partial charge in [-0.15, -0.1) is 0 Å². The van der Waals surface area contributed by atoms with Crippen molar-refractivity contribution in [2.24, 2.45) is 0 Å². The van der Waals surface area contributed by atoms with Gasteiger partial charge in [-0.2, -0.15) is 0 Å². The molecule has 3 amide bonds. The first kappa shape index (κ1) is 30.9. The van der Waals surface area contributed by atoms with Gasteiger partial charge in [-0.25, -0.2) is 0 Å². The molecular formula is C34H39N3O7. The lowest BCUT2D eigenvalue weighted by Gasteiger charge is -2.39. The lowest BCUT2D eigenvalue weighted by atomic mass is 10.0. The number of aromatic hydroxyl groups is 1. The van der Waals surface area contributed by atoms with Gasteiger partial charge in [-0.1, -0.05) is 24.3 Å². The molecule has 0 unspecified atom stereocenters. The molecule has 2 heterocycles. The average molecular weight is 602 g/mol. The van der Waals surface area contributed by atoms with E-state index in [1.165, 1.54) is 4.90 Å². The highest BCUT2D eigenvalue weighted by Crippen LogP contribution is 2.30. The normalized spacial score (nSPS) is 19.2. The first-order chi connectivity index (χ1) is 21.2. The zero-order valence-corrected chi connectivity index (χ0v) is 25.3. The van der Waals surface area contributed by atoms with Crippen LogP contribution in [0.5, 0.6) is 23.0 Å². The first-order valence-corrected chi connectivity index (χ1v) is 15.0. The predicted octanol–water partition coefficient (Wildman–Crippen LogP) is 4.29. The van der Waals surface area contributed by atoms with Crippen LogP contribution in [0, 0.1) is 0 Å². The van der Waals surface area contributed by atoms with Crippen LogP contribution in [0.1, 0.15) is 48.7 Å². The number of rotatable bonds is 5. The molecule has 0 saturated carbocycles. The highest BCUT2D eigenvalue weighted by molar-refractivity contribution is 5.97. The van der Waals surface area contributed by atoms with Gasteiger partial charge in [-0.3, -0.25) is 14.4 Å². The second kappa shape index (κ2) is 13.8. The van der Waals surface area contributed by atoms with Gasteiger partial charge >= 0.3 is 0 Å². The van der Waals surface area contributed by atoms with E-state index in [0.29, 0.717) is 47.9 Å². The Morgan fingerprint density at radius 1 is 1.07 bits per heavy atom. The number of benzene rings is 3. The first-order valence-electron chi connectivity index (χ1n) is 15.0. The van der Waals surface area contributed by atoms with E-state index in [9.17, 15) is 19.5 Å². The van der Waals surface area contributed by atoms with Crippen LogP contribution >= 0.6 is 0 Å². The van der Waals surface area contributed by atoms with Crippen LogP contribution in [0.3, 0.4) is 0 Å². The van der Waals surface area contributed by atoms with Gasteiger partial charge in [0.05, 0.1) is 37.8 Å². The standard InChI is InChI=1S/C34H39N3O7/c1-4-36-20-32(39)35-30-19-37(33(40)15-23-7-5-9-26(38)13-23)12-11-31(30)42-21-24-8-6-10-27(14-24)44-29-17-25(34(36)41)16-28(18-29)43-22(2)3/h5-10,13-14,16-18,22,30-31,38H,4,11-12,15,19-21H2,1-3H3,(H,35,39)/t30-,31-/m0/s1. The quantitative estimate of drug-likeness (QED) is 0.448. The number of carbonyl (C=O) groups excluding carboxylic acids is 3. The van der Waals surface area contributed by atoms with Gasteiger partial charge in [0.25, 0.3) is 5.91 Å². The Bertz CT molecular complexity index is 1510. The number of hydrogen-bond acceptors (Lipinski definition) is 7. The second-order valence-electron chi connectivity index (χ2n) is 11.4. The van der Waals surface area contributed by atoms with Crippen LogP contribution in [0.15, 0.2) is 66.7 Å². The average Bonchev–Trinajstić information content (AvgIpc) is 2.98. The van der Waals surface area contributed by atoms with Crippen LogP contribution in [0.4, 0.5) is 0 Å². The van der Waals surface area contributed by atoms with Crippen LogP contribution < -0.4 is 14.8 Å².